The van der Waals surface area contributed by atoms with Gasteiger partial charge in [-0.25, -0.2) is 14.6 Å². The van der Waals surface area contributed by atoms with Gasteiger partial charge >= 0.3 is 5.97 Å². The van der Waals surface area contributed by atoms with Crippen molar-refractivity contribution < 1.29 is 28.6 Å². The lowest BCUT2D eigenvalue weighted by Gasteiger charge is -2.14. The Kier molecular flexibility index (Phi) is 8.59. The minimum absolute atomic E-state index is 0.0540. The van der Waals surface area contributed by atoms with E-state index in [1.807, 2.05) is 6.92 Å². The monoisotopic (exact) mass is 484 g/mol. The average molecular weight is 485 g/mol. The zero-order valence-corrected chi connectivity index (χ0v) is 19.0. The van der Waals surface area contributed by atoms with Gasteiger partial charge in [-0.1, -0.05) is 35.9 Å². The van der Waals surface area contributed by atoms with Crippen molar-refractivity contribution in [3.05, 3.63) is 93.8 Å². The van der Waals surface area contributed by atoms with Crippen molar-refractivity contribution in [1.29, 1.82) is 0 Å². The molecule has 0 bridgehead atoms. The number of benzene rings is 3. The molecule has 3 aromatic carbocycles. The zero-order valence-electron chi connectivity index (χ0n) is 18.3. The molecule has 3 rings (SSSR count). The van der Waals surface area contributed by atoms with Crippen LogP contribution in [-0.2, 0) is 17.8 Å². The van der Waals surface area contributed by atoms with E-state index in [1.54, 1.807) is 24.3 Å². The number of ether oxygens (including phenoxy) is 2. The molecule has 0 fully saturated rings. The van der Waals surface area contributed by atoms with Gasteiger partial charge in [0.1, 0.15) is 12.4 Å². The number of carboxylic acids is 1. The third-order valence-electron chi connectivity index (χ3n) is 4.57. The van der Waals surface area contributed by atoms with Crippen molar-refractivity contribution in [3.63, 3.8) is 0 Å². The number of hydrazone groups is 1. The lowest BCUT2D eigenvalue weighted by Crippen LogP contribution is -2.19. The molecule has 0 atom stereocenters. The van der Waals surface area contributed by atoms with Crippen molar-refractivity contribution in [1.82, 2.24) is 5.43 Å². The normalized spacial score (nSPS) is 10.8. The summed E-state index contributed by atoms with van der Waals surface area (Å²) in [7, 11) is 0. The minimum Gasteiger partial charge on any atom is -0.490 e. The van der Waals surface area contributed by atoms with Gasteiger partial charge in [-0.3, -0.25) is 4.79 Å². The number of rotatable bonds is 10. The minimum atomic E-state index is -1.02. The van der Waals surface area contributed by atoms with Crippen LogP contribution in [0.15, 0.2) is 65.8 Å². The Labute approximate surface area is 200 Å². The van der Waals surface area contributed by atoms with Gasteiger partial charge in [-0.05, 0) is 60.0 Å². The summed E-state index contributed by atoms with van der Waals surface area (Å²) >= 11 is 6.40. The van der Waals surface area contributed by atoms with E-state index in [9.17, 15) is 14.0 Å². The first-order valence-corrected chi connectivity index (χ1v) is 10.7. The van der Waals surface area contributed by atoms with Crippen LogP contribution >= 0.6 is 11.6 Å². The van der Waals surface area contributed by atoms with Crippen LogP contribution in [0.1, 0.15) is 34.0 Å². The topological polar surface area (TPSA) is 97.2 Å². The number of aromatic carboxylic acids is 1. The van der Waals surface area contributed by atoms with Gasteiger partial charge in [0, 0.05) is 0 Å². The van der Waals surface area contributed by atoms with Crippen molar-refractivity contribution in [2.45, 2.75) is 20.0 Å². The number of halogens is 2. The first-order chi connectivity index (χ1) is 16.4. The molecule has 176 valence electrons. The van der Waals surface area contributed by atoms with Gasteiger partial charge in [0.25, 0.3) is 0 Å². The highest BCUT2D eigenvalue weighted by atomic mass is 35.5. The molecule has 0 radical (unpaired) electrons. The molecule has 0 aromatic heterocycles. The summed E-state index contributed by atoms with van der Waals surface area (Å²) in [6.07, 6.45) is 1.47. The molecule has 0 heterocycles. The Morgan fingerprint density at radius 3 is 2.56 bits per heavy atom. The molecule has 2 N–H and O–H groups in total. The maximum Gasteiger partial charge on any atom is 0.335 e. The maximum atomic E-state index is 13.0. The van der Waals surface area contributed by atoms with Crippen LogP contribution in [0, 0.1) is 5.82 Å². The fraction of sp³-hybridized carbons (Fsp3) is 0.160. The predicted octanol–water partition coefficient (Wildman–Crippen LogP) is 4.85. The average Bonchev–Trinajstić information content (AvgIpc) is 2.80. The van der Waals surface area contributed by atoms with Crippen LogP contribution in [0.3, 0.4) is 0 Å². The van der Waals surface area contributed by atoms with Gasteiger partial charge in [0.2, 0.25) is 5.91 Å². The molecule has 7 nitrogen and oxygen atoms in total. The molecule has 9 heteroatoms. The Morgan fingerprint density at radius 2 is 1.85 bits per heavy atom. The van der Waals surface area contributed by atoms with Crippen LogP contribution in [0.25, 0.3) is 0 Å². The van der Waals surface area contributed by atoms with E-state index in [0.717, 1.165) is 0 Å². The molecule has 0 saturated carbocycles. The first-order valence-electron chi connectivity index (χ1n) is 10.3. The Morgan fingerprint density at radius 1 is 1.09 bits per heavy atom. The third kappa shape index (κ3) is 7.05. The summed E-state index contributed by atoms with van der Waals surface area (Å²) in [6, 6.07) is 15.3. The number of hydrogen-bond acceptors (Lipinski definition) is 5. The maximum absolute atomic E-state index is 13.0. The summed E-state index contributed by atoms with van der Waals surface area (Å²) in [5, 5.41) is 13.3. The van der Waals surface area contributed by atoms with Crippen molar-refractivity contribution in [2.24, 2.45) is 5.10 Å². The Balaban J connectivity index is 1.67. The highest BCUT2D eigenvalue weighted by Crippen LogP contribution is 2.37. The second-order valence-corrected chi connectivity index (χ2v) is 7.56. The highest BCUT2D eigenvalue weighted by Gasteiger charge is 2.13. The van der Waals surface area contributed by atoms with Crippen LogP contribution in [0.4, 0.5) is 4.39 Å². The lowest BCUT2D eigenvalue weighted by molar-refractivity contribution is -0.120. The van der Waals surface area contributed by atoms with Gasteiger partial charge < -0.3 is 14.6 Å². The summed E-state index contributed by atoms with van der Waals surface area (Å²) in [6.45, 7) is 2.26. The standard InChI is InChI=1S/C25H22ClFN2O5/c1-2-33-22-12-18(14-28-29-23(30)13-16-6-8-20(27)9-7-16)11-21(26)24(22)34-15-17-4-3-5-19(10-17)25(31)32/h3-12,14H,2,13,15H2,1H3,(H,29,30)(H,31,32)/b28-14+. The summed E-state index contributed by atoms with van der Waals surface area (Å²) in [4.78, 5) is 23.2. The van der Waals surface area contributed by atoms with E-state index in [4.69, 9.17) is 26.2 Å². The largest absolute Gasteiger partial charge is 0.490 e. The molecule has 0 aliphatic carbocycles. The number of nitrogens with one attached hydrogen (secondary N) is 1. The number of nitrogens with zero attached hydrogens (tertiary/aromatic N) is 1. The second-order valence-electron chi connectivity index (χ2n) is 7.15. The summed E-state index contributed by atoms with van der Waals surface area (Å²) in [5.41, 5.74) is 4.46. The van der Waals surface area contributed by atoms with Crippen LogP contribution in [0.2, 0.25) is 5.02 Å². The molecule has 1 amide bonds. The van der Waals surface area contributed by atoms with E-state index in [1.165, 1.54) is 42.6 Å². The van der Waals surface area contributed by atoms with E-state index in [-0.39, 0.29) is 35.3 Å². The zero-order chi connectivity index (χ0) is 24.5. The molecule has 0 aliphatic rings. The van der Waals surface area contributed by atoms with Gasteiger partial charge in [-0.2, -0.15) is 5.10 Å². The molecule has 0 saturated heterocycles. The van der Waals surface area contributed by atoms with Crippen LogP contribution < -0.4 is 14.9 Å². The third-order valence-corrected chi connectivity index (χ3v) is 4.85. The molecular weight excluding hydrogens is 463 g/mol. The van der Waals surface area contributed by atoms with Crippen LogP contribution in [0.5, 0.6) is 11.5 Å². The van der Waals surface area contributed by atoms with Crippen molar-refractivity contribution in [3.8, 4) is 11.5 Å². The smallest absolute Gasteiger partial charge is 0.335 e. The number of amides is 1. The summed E-state index contributed by atoms with van der Waals surface area (Å²) < 4.78 is 24.4. The first kappa shape index (κ1) is 24.7. The fourth-order valence-electron chi connectivity index (χ4n) is 3.02. The van der Waals surface area contributed by atoms with Crippen LogP contribution in [-0.4, -0.2) is 29.8 Å². The number of carbonyl (C=O) groups excluding carboxylic acids is 1. The quantitative estimate of drug-likeness (QED) is 0.317. The highest BCUT2D eigenvalue weighted by molar-refractivity contribution is 6.32. The number of carboxylic acid groups (broad SMARTS) is 1. The SMILES string of the molecule is CCOc1cc(/C=N/NC(=O)Cc2ccc(F)cc2)cc(Cl)c1OCc1cccc(C(=O)O)c1. The molecule has 0 unspecified atom stereocenters. The van der Waals surface area contributed by atoms with Gasteiger partial charge in [-0.15, -0.1) is 0 Å². The van der Waals surface area contributed by atoms with E-state index in [0.29, 0.717) is 34.8 Å². The van der Waals surface area contributed by atoms with Crippen molar-refractivity contribution in [2.75, 3.05) is 6.61 Å². The predicted molar refractivity (Wildman–Crippen MR) is 126 cm³/mol. The molecular formula is C25H22ClFN2O5. The van der Waals surface area contributed by atoms with Gasteiger partial charge in [0.05, 0.1) is 29.8 Å². The summed E-state index contributed by atoms with van der Waals surface area (Å²) in [5.74, 6) is -1.07. The molecule has 0 aliphatic heterocycles. The Hall–Kier alpha value is -3.91. The molecule has 0 spiro atoms. The Bertz CT molecular complexity index is 1200. The second kappa shape index (κ2) is 11.8. The van der Waals surface area contributed by atoms with E-state index < -0.39 is 5.97 Å². The number of carbonyl (C=O) groups is 2. The number of hydrogen-bond donors (Lipinski definition) is 2. The molecule has 34 heavy (non-hydrogen) atoms. The fourth-order valence-corrected chi connectivity index (χ4v) is 3.29. The molecule has 3 aromatic rings. The van der Waals surface area contributed by atoms with E-state index in [2.05, 4.69) is 10.5 Å². The van der Waals surface area contributed by atoms with Gasteiger partial charge in [0.15, 0.2) is 11.5 Å². The van der Waals surface area contributed by atoms with Crippen molar-refractivity contribution >= 4 is 29.7 Å². The lowest BCUT2D eigenvalue weighted by atomic mass is 10.1. The van der Waals surface area contributed by atoms with E-state index >= 15 is 0 Å².